The number of anilines is 3. The molecule has 2 aromatic rings. The molecule has 0 fully saturated rings. The molecule has 7 nitrogen and oxygen atoms in total. The third-order valence-electron chi connectivity index (χ3n) is 4.05. The van der Waals surface area contributed by atoms with Crippen LogP contribution < -0.4 is 20.3 Å². The predicted octanol–water partition coefficient (Wildman–Crippen LogP) is 3.03. The van der Waals surface area contributed by atoms with Gasteiger partial charge in [0, 0.05) is 30.4 Å². The maximum absolute atomic E-state index is 12.6. The van der Waals surface area contributed by atoms with Crippen LogP contribution in [0.15, 0.2) is 42.5 Å². The highest BCUT2D eigenvalue weighted by molar-refractivity contribution is 6.06. The zero-order chi connectivity index (χ0) is 19.4. The number of hydrogen-bond acceptors (Lipinski definition) is 4. The third kappa shape index (κ3) is 4.25. The Balaban J connectivity index is 1.81. The fraction of sp³-hybridized carbons (Fsp3) is 0.250. The molecule has 2 N–H and O–H groups in total. The van der Waals surface area contributed by atoms with Gasteiger partial charge in [0.15, 0.2) is 6.61 Å². The first-order chi connectivity index (χ1) is 13.0. The number of benzene rings is 2. The van der Waals surface area contributed by atoms with Crippen molar-refractivity contribution in [1.29, 1.82) is 0 Å². The van der Waals surface area contributed by atoms with E-state index < -0.39 is 0 Å². The van der Waals surface area contributed by atoms with Crippen LogP contribution in [0.2, 0.25) is 0 Å². The zero-order valence-electron chi connectivity index (χ0n) is 15.2. The number of fused-ring (bicyclic) bond motifs is 1. The van der Waals surface area contributed by atoms with Crippen molar-refractivity contribution in [2.24, 2.45) is 0 Å². The molecule has 0 aromatic heterocycles. The van der Waals surface area contributed by atoms with Crippen LogP contribution in [0, 0.1) is 0 Å². The molecule has 0 unspecified atom stereocenters. The molecule has 3 rings (SSSR count). The summed E-state index contributed by atoms with van der Waals surface area (Å²) in [7, 11) is 0. The van der Waals surface area contributed by atoms with E-state index >= 15 is 0 Å². The Morgan fingerprint density at radius 2 is 1.89 bits per heavy atom. The molecule has 27 heavy (non-hydrogen) atoms. The van der Waals surface area contributed by atoms with Gasteiger partial charge in [0.1, 0.15) is 5.75 Å². The second kappa shape index (κ2) is 7.90. The Bertz CT molecular complexity index is 895. The van der Waals surface area contributed by atoms with Crippen molar-refractivity contribution >= 4 is 34.8 Å². The first-order valence-electron chi connectivity index (χ1n) is 8.74. The lowest BCUT2D eigenvalue weighted by molar-refractivity contribution is -0.121. The van der Waals surface area contributed by atoms with Gasteiger partial charge in [-0.2, -0.15) is 0 Å². The van der Waals surface area contributed by atoms with E-state index in [1.165, 1.54) is 6.92 Å². The largest absolute Gasteiger partial charge is 0.482 e. The highest BCUT2D eigenvalue weighted by Crippen LogP contribution is 2.34. The van der Waals surface area contributed by atoms with E-state index in [1.54, 1.807) is 47.4 Å². The topological polar surface area (TPSA) is 87.7 Å². The summed E-state index contributed by atoms with van der Waals surface area (Å²) in [6.07, 6.45) is 0.817. The Morgan fingerprint density at radius 1 is 1.11 bits per heavy atom. The van der Waals surface area contributed by atoms with E-state index in [2.05, 4.69) is 10.6 Å². The minimum Gasteiger partial charge on any atom is -0.482 e. The summed E-state index contributed by atoms with van der Waals surface area (Å²) in [6, 6.07) is 11.9. The van der Waals surface area contributed by atoms with E-state index in [9.17, 15) is 14.4 Å². The average molecular weight is 367 g/mol. The summed E-state index contributed by atoms with van der Waals surface area (Å²) in [5.74, 6) is -0.000263. The Hall–Kier alpha value is -3.35. The summed E-state index contributed by atoms with van der Waals surface area (Å²) in [4.78, 5) is 37.5. The second-order valence-electron chi connectivity index (χ2n) is 6.23. The molecule has 0 aliphatic carbocycles. The van der Waals surface area contributed by atoms with Crippen LogP contribution in [0.5, 0.6) is 5.75 Å². The van der Waals surface area contributed by atoms with Gasteiger partial charge in [0.2, 0.25) is 5.91 Å². The van der Waals surface area contributed by atoms with Gasteiger partial charge in [-0.1, -0.05) is 13.0 Å². The Kier molecular flexibility index (Phi) is 5.40. The number of ether oxygens (including phenoxy) is 1. The van der Waals surface area contributed by atoms with E-state index in [4.69, 9.17) is 4.74 Å². The fourth-order valence-electron chi connectivity index (χ4n) is 2.89. The van der Waals surface area contributed by atoms with E-state index in [-0.39, 0.29) is 24.3 Å². The fourth-order valence-corrected chi connectivity index (χ4v) is 2.89. The lowest BCUT2D eigenvalue weighted by Crippen LogP contribution is -2.39. The highest BCUT2D eigenvalue weighted by atomic mass is 16.5. The number of nitrogens with one attached hydrogen (secondary N) is 2. The highest BCUT2D eigenvalue weighted by Gasteiger charge is 2.25. The molecule has 1 aliphatic heterocycles. The summed E-state index contributed by atoms with van der Waals surface area (Å²) < 4.78 is 5.47. The smallest absolute Gasteiger partial charge is 0.265 e. The molecule has 2 aromatic carbocycles. The lowest BCUT2D eigenvalue weighted by Gasteiger charge is -2.29. The normalized spacial score (nSPS) is 12.8. The number of carbonyl (C=O) groups is 3. The molecule has 0 atom stereocenters. The van der Waals surface area contributed by atoms with Crippen LogP contribution in [0.4, 0.5) is 17.1 Å². The molecule has 7 heteroatoms. The van der Waals surface area contributed by atoms with Gasteiger partial charge in [-0.3, -0.25) is 14.4 Å². The van der Waals surface area contributed by atoms with Gasteiger partial charge >= 0.3 is 0 Å². The quantitative estimate of drug-likeness (QED) is 0.850. The molecular formula is C20H21N3O4. The molecule has 3 amide bonds. The number of rotatable bonds is 5. The molecule has 0 radical (unpaired) electrons. The minimum atomic E-state index is -0.313. The van der Waals surface area contributed by atoms with E-state index in [1.807, 2.05) is 6.92 Å². The number of hydrogen-bond donors (Lipinski definition) is 2. The average Bonchev–Trinajstić information content (AvgIpc) is 2.64. The van der Waals surface area contributed by atoms with E-state index in [0.29, 0.717) is 34.9 Å². The molecule has 0 bridgehead atoms. The Morgan fingerprint density at radius 3 is 2.63 bits per heavy atom. The van der Waals surface area contributed by atoms with Crippen LogP contribution in [0.25, 0.3) is 0 Å². The van der Waals surface area contributed by atoms with Crippen LogP contribution in [0.3, 0.4) is 0 Å². The van der Waals surface area contributed by atoms with E-state index in [0.717, 1.165) is 6.42 Å². The van der Waals surface area contributed by atoms with Crippen LogP contribution in [-0.2, 0) is 9.59 Å². The SMILES string of the molecule is CCCN1C(=O)COc2ccc(NC(=O)c3cccc(NC(C)=O)c3)cc21. The summed E-state index contributed by atoms with van der Waals surface area (Å²) in [6.45, 7) is 4.02. The van der Waals surface area contributed by atoms with Gasteiger partial charge in [-0.15, -0.1) is 0 Å². The summed E-state index contributed by atoms with van der Waals surface area (Å²) in [5, 5.41) is 5.47. The molecule has 1 heterocycles. The van der Waals surface area contributed by atoms with Crippen molar-refractivity contribution in [3.05, 3.63) is 48.0 Å². The van der Waals surface area contributed by atoms with Gasteiger partial charge in [-0.25, -0.2) is 0 Å². The predicted molar refractivity (Wildman–Crippen MR) is 103 cm³/mol. The molecule has 0 saturated heterocycles. The van der Waals surface area contributed by atoms with Crippen molar-refractivity contribution in [2.45, 2.75) is 20.3 Å². The van der Waals surface area contributed by atoms with Gasteiger partial charge in [0.05, 0.1) is 5.69 Å². The van der Waals surface area contributed by atoms with Crippen LogP contribution in [0.1, 0.15) is 30.6 Å². The van der Waals surface area contributed by atoms with Crippen LogP contribution in [-0.4, -0.2) is 30.9 Å². The summed E-state index contributed by atoms with van der Waals surface area (Å²) in [5.41, 5.74) is 2.17. The molecule has 140 valence electrons. The first kappa shape index (κ1) is 18.4. The molecule has 1 aliphatic rings. The minimum absolute atomic E-state index is 0.0225. The summed E-state index contributed by atoms with van der Waals surface area (Å²) >= 11 is 0. The maximum atomic E-state index is 12.6. The standard InChI is InChI=1S/C20H21N3O4/c1-3-9-23-17-11-16(7-8-18(17)27-12-19(23)25)22-20(26)14-5-4-6-15(10-14)21-13(2)24/h4-8,10-11H,3,9,12H2,1-2H3,(H,21,24)(H,22,26). The molecule has 0 spiro atoms. The zero-order valence-corrected chi connectivity index (χ0v) is 15.2. The number of carbonyl (C=O) groups excluding carboxylic acids is 3. The second-order valence-corrected chi connectivity index (χ2v) is 6.23. The van der Waals surface area contributed by atoms with Crippen molar-refractivity contribution in [1.82, 2.24) is 0 Å². The number of amides is 3. The van der Waals surface area contributed by atoms with Crippen molar-refractivity contribution in [3.63, 3.8) is 0 Å². The molecule has 0 saturated carbocycles. The van der Waals surface area contributed by atoms with Crippen molar-refractivity contribution < 1.29 is 19.1 Å². The third-order valence-corrected chi connectivity index (χ3v) is 4.05. The van der Waals surface area contributed by atoms with Gasteiger partial charge < -0.3 is 20.3 Å². The molecular weight excluding hydrogens is 346 g/mol. The monoisotopic (exact) mass is 367 g/mol. The van der Waals surface area contributed by atoms with Crippen LogP contribution >= 0.6 is 0 Å². The maximum Gasteiger partial charge on any atom is 0.265 e. The number of nitrogens with zero attached hydrogens (tertiary/aromatic N) is 1. The first-order valence-corrected chi connectivity index (χ1v) is 8.74. The van der Waals surface area contributed by atoms with Gasteiger partial charge in [-0.05, 0) is 42.8 Å². The van der Waals surface area contributed by atoms with Gasteiger partial charge in [0.25, 0.3) is 11.8 Å². The van der Waals surface area contributed by atoms with Crippen molar-refractivity contribution in [3.8, 4) is 5.75 Å². The van der Waals surface area contributed by atoms with Crippen molar-refractivity contribution in [2.75, 3.05) is 28.7 Å². The lowest BCUT2D eigenvalue weighted by atomic mass is 10.1. The Labute approximate surface area is 157 Å².